The van der Waals surface area contributed by atoms with Crippen LogP contribution in [0.4, 0.5) is 5.00 Å². The van der Waals surface area contributed by atoms with E-state index in [0.717, 1.165) is 29.7 Å². The molecule has 0 aliphatic heterocycles. The van der Waals surface area contributed by atoms with Crippen molar-refractivity contribution in [3.05, 3.63) is 51.9 Å². The summed E-state index contributed by atoms with van der Waals surface area (Å²) in [5.74, 6) is -0.860. The summed E-state index contributed by atoms with van der Waals surface area (Å²) in [6.07, 6.45) is 2.97. The van der Waals surface area contributed by atoms with E-state index in [2.05, 4.69) is 5.32 Å². The minimum Gasteiger partial charge on any atom is -0.365 e. The molecule has 1 aliphatic rings. The van der Waals surface area contributed by atoms with Crippen molar-refractivity contribution in [1.29, 1.82) is 0 Å². The van der Waals surface area contributed by atoms with Crippen LogP contribution in [0.2, 0.25) is 0 Å². The number of Topliss-reactive ketones (excluding diaryl/α,β-unsaturated/α-hetero) is 1. The maximum atomic E-state index is 12.1. The Balaban J connectivity index is 1.64. The van der Waals surface area contributed by atoms with Crippen LogP contribution >= 0.6 is 11.3 Å². The Labute approximate surface area is 143 Å². The lowest BCUT2D eigenvalue weighted by Crippen LogP contribution is -2.18. The molecule has 1 aromatic carbocycles. The fourth-order valence-corrected chi connectivity index (χ4v) is 4.25. The van der Waals surface area contributed by atoms with Crippen molar-refractivity contribution in [1.82, 2.24) is 0 Å². The molecule has 0 saturated carbocycles. The second kappa shape index (κ2) is 6.97. The molecule has 6 heteroatoms. The van der Waals surface area contributed by atoms with Gasteiger partial charge in [-0.2, -0.15) is 0 Å². The number of ketones is 1. The first-order valence-corrected chi connectivity index (χ1v) is 8.70. The smallest absolute Gasteiger partial charge is 0.251 e. The van der Waals surface area contributed by atoms with E-state index in [1.165, 1.54) is 11.3 Å². The third-order valence-corrected chi connectivity index (χ3v) is 5.30. The molecule has 24 heavy (non-hydrogen) atoms. The van der Waals surface area contributed by atoms with Crippen LogP contribution in [0, 0.1) is 0 Å². The zero-order valence-electron chi connectivity index (χ0n) is 13.1. The Kier molecular flexibility index (Phi) is 4.76. The number of aryl methyl sites for hydroxylation is 1. The monoisotopic (exact) mass is 342 g/mol. The fourth-order valence-electron chi connectivity index (χ4n) is 2.94. The van der Waals surface area contributed by atoms with Gasteiger partial charge in [0.15, 0.2) is 5.78 Å². The summed E-state index contributed by atoms with van der Waals surface area (Å²) < 4.78 is 0. The van der Waals surface area contributed by atoms with Crippen molar-refractivity contribution in [3.63, 3.8) is 0 Å². The largest absolute Gasteiger partial charge is 0.365 e. The number of anilines is 1. The van der Waals surface area contributed by atoms with Crippen molar-refractivity contribution in [2.75, 3.05) is 5.32 Å². The average molecular weight is 342 g/mol. The Morgan fingerprint density at radius 1 is 1.08 bits per heavy atom. The summed E-state index contributed by atoms with van der Waals surface area (Å²) in [5, 5.41) is 3.27. The van der Waals surface area contributed by atoms with E-state index in [1.807, 2.05) is 6.07 Å². The van der Waals surface area contributed by atoms with Crippen molar-refractivity contribution in [2.24, 2.45) is 5.73 Å². The van der Waals surface area contributed by atoms with Crippen LogP contribution in [0.25, 0.3) is 0 Å². The molecule has 2 aromatic rings. The molecule has 1 heterocycles. The number of hydrogen-bond acceptors (Lipinski definition) is 4. The molecule has 0 unspecified atom stereocenters. The molecule has 1 aromatic heterocycles. The number of fused-ring (bicyclic) bond motifs is 1. The van der Waals surface area contributed by atoms with Crippen LogP contribution < -0.4 is 11.1 Å². The number of amides is 2. The standard InChI is InChI=1S/C18H18N2O3S/c19-17(23)16-12-7-4-8-14(12)24-18(16)20-15(22)10-9-13(21)11-5-2-1-3-6-11/h1-3,5-6H,4,7-10H2,(H2,19,23)(H,20,22). The van der Waals surface area contributed by atoms with Crippen LogP contribution in [-0.4, -0.2) is 17.6 Å². The zero-order chi connectivity index (χ0) is 17.1. The minimum absolute atomic E-state index is 0.0745. The summed E-state index contributed by atoms with van der Waals surface area (Å²) >= 11 is 1.42. The van der Waals surface area contributed by atoms with Crippen LogP contribution in [0.5, 0.6) is 0 Å². The molecule has 0 spiro atoms. The van der Waals surface area contributed by atoms with E-state index in [0.29, 0.717) is 16.1 Å². The first-order chi connectivity index (χ1) is 11.6. The summed E-state index contributed by atoms with van der Waals surface area (Å²) in [7, 11) is 0. The number of benzene rings is 1. The molecule has 1 aliphatic carbocycles. The maximum Gasteiger partial charge on any atom is 0.251 e. The van der Waals surface area contributed by atoms with Gasteiger partial charge in [-0.1, -0.05) is 30.3 Å². The van der Waals surface area contributed by atoms with E-state index < -0.39 is 5.91 Å². The molecule has 0 bridgehead atoms. The highest BCUT2D eigenvalue weighted by Gasteiger charge is 2.26. The van der Waals surface area contributed by atoms with E-state index in [-0.39, 0.29) is 24.5 Å². The molecule has 0 radical (unpaired) electrons. The first-order valence-electron chi connectivity index (χ1n) is 7.88. The highest BCUT2D eigenvalue weighted by Crippen LogP contribution is 2.38. The number of carbonyl (C=O) groups excluding carboxylic acids is 3. The van der Waals surface area contributed by atoms with Gasteiger partial charge in [-0.25, -0.2) is 0 Å². The van der Waals surface area contributed by atoms with Gasteiger partial charge in [-0.15, -0.1) is 11.3 Å². The fraction of sp³-hybridized carbons (Fsp3) is 0.278. The molecule has 0 fully saturated rings. The van der Waals surface area contributed by atoms with Crippen LogP contribution in [-0.2, 0) is 17.6 Å². The molecule has 0 atom stereocenters. The Bertz CT molecular complexity index is 796. The van der Waals surface area contributed by atoms with Crippen molar-refractivity contribution >= 4 is 33.9 Å². The average Bonchev–Trinajstić information content (AvgIpc) is 3.13. The van der Waals surface area contributed by atoms with E-state index in [9.17, 15) is 14.4 Å². The topological polar surface area (TPSA) is 89.3 Å². The Morgan fingerprint density at radius 3 is 2.54 bits per heavy atom. The van der Waals surface area contributed by atoms with Gasteiger partial charge in [-0.3, -0.25) is 14.4 Å². The molecule has 124 valence electrons. The number of nitrogens with one attached hydrogen (secondary N) is 1. The zero-order valence-corrected chi connectivity index (χ0v) is 13.9. The molecule has 3 N–H and O–H groups in total. The lowest BCUT2D eigenvalue weighted by atomic mass is 10.1. The van der Waals surface area contributed by atoms with Gasteiger partial charge < -0.3 is 11.1 Å². The molecular weight excluding hydrogens is 324 g/mol. The molecule has 0 saturated heterocycles. The van der Waals surface area contributed by atoms with E-state index in [1.54, 1.807) is 24.3 Å². The number of primary amides is 1. The SMILES string of the molecule is NC(=O)c1c(NC(=O)CCC(=O)c2ccccc2)sc2c1CCC2. The molecule has 2 amide bonds. The third kappa shape index (κ3) is 3.38. The third-order valence-electron chi connectivity index (χ3n) is 4.10. The van der Waals surface area contributed by atoms with Crippen molar-refractivity contribution in [2.45, 2.75) is 32.1 Å². The highest BCUT2D eigenvalue weighted by atomic mass is 32.1. The quantitative estimate of drug-likeness (QED) is 0.791. The second-order valence-electron chi connectivity index (χ2n) is 5.76. The van der Waals surface area contributed by atoms with Gasteiger partial charge in [-0.05, 0) is 24.8 Å². The first kappa shape index (κ1) is 16.4. The lowest BCUT2D eigenvalue weighted by Gasteiger charge is -2.06. The predicted octanol–water partition coefficient (Wildman–Crippen LogP) is 2.94. The summed E-state index contributed by atoms with van der Waals surface area (Å²) in [6, 6.07) is 8.88. The summed E-state index contributed by atoms with van der Waals surface area (Å²) in [4.78, 5) is 37.0. The van der Waals surface area contributed by atoms with Gasteiger partial charge >= 0.3 is 0 Å². The highest BCUT2D eigenvalue weighted by molar-refractivity contribution is 7.17. The summed E-state index contributed by atoms with van der Waals surface area (Å²) in [5.41, 5.74) is 7.48. The number of nitrogens with two attached hydrogens (primary N) is 1. The maximum absolute atomic E-state index is 12.1. The molecule has 5 nitrogen and oxygen atoms in total. The van der Waals surface area contributed by atoms with Gasteiger partial charge in [0.05, 0.1) is 5.56 Å². The van der Waals surface area contributed by atoms with Gasteiger partial charge in [0.25, 0.3) is 5.91 Å². The number of thiophene rings is 1. The van der Waals surface area contributed by atoms with E-state index in [4.69, 9.17) is 5.73 Å². The van der Waals surface area contributed by atoms with Crippen molar-refractivity contribution < 1.29 is 14.4 Å². The van der Waals surface area contributed by atoms with Crippen LogP contribution in [0.3, 0.4) is 0 Å². The normalized spacial score (nSPS) is 12.7. The predicted molar refractivity (Wildman–Crippen MR) is 93.5 cm³/mol. The molecular formula is C18H18N2O3S. The minimum atomic E-state index is -0.509. The van der Waals surface area contributed by atoms with Gasteiger partial charge in [0.1, 0.15) is 5.00 Å². The number of carbonyl (C=O) groups is 3. The van der Waals surface area contributed by atoms with Crippen LogP contribution in [0.15, 0.2) is 30.3 Å². The summed E-state index contributed by atoms with van der Waals surface area (Å²) in [6.45, 7) is 0. The van der Waals surface area contributed by atoms with Crippen molar-refractivity contribution in [3.8, 4) is 0 Å². The second-order valence-corrected chi connectivity index (χ2v) is 6.87. The Morgan fingerprint density at radius 2 is 1.83 bits per heavy atom. The van der Waals surface area contributed by atoms with Gasteiger partial charge in [0, 0.05) is 23.3 Å². The van der Waals surface area contributed by atoms with Crippen LogP contribution in [0.1, 0.15) is 50.4 Å². The Hall–Kier alpha value is -2.47. The molecule has 3 rings (SSSR count). The lowest BCUT2D eigenvalue weighted by molar-refractivity contribution is -0.116. The number of rotatable bonds is 6. The van der Waals surface area contributed by atoms with E-state index >= 15 is 0 Å². The van der Waals surface area contributed by atoms with Gasteiger partial charge in [0.2, 0.25) is 5.91 Å². The number of hydrogen-bond donors (Lipinski definition) is 2.